The molecule has 27 heavy (non-hydrogen) atoms. The average molecular weight is 419 g/mol. The van der Waals surface area contributed by atoms with E-state index in [1.54, 1.807) is 0 Å². The second-order valence-corrected chi connectivity index (χ2v) is 11.4. The van der Waals surface area contributed by atoms with E-state index in [9.17, 15) is 0 Å². The summed E-state index contributed by atoms with van der Waals surface area (Å²) >= 11 is 0. The van der Waals surface area contributed by atoms with Crippen LogP contribution in [0.15, 0.2) is 24.3 Å². The summed E-state index contributed by atoms with van der Waals surface area (Å²) in [6.07, 6.45) is 8.49. The van der Waals surface area contributed by atoms with Crippen molar-refractivity contribution in [2.24, 2.45) is 5.41 Å². The van der Waals surface area contributed by atoms with Crippen LogP contribution in [0.1, 0.15) is 41.5 Å². The third kappa shape index (κ3) is 7.21. The van der Waals surface area contributed by atoms with E-state index in [-0.39, 0.29) is 5.41 Å². The number of allylic oxidation sites excluding steroid dienone is 4. The molecule has 8 heteroatoms. The van der Waals surface area contributed by atoms with Crippen molar-refractivity contribution in [1.82, 2.24) is 0 Å². The molecule has 0 spiro atoms. The molecule has 6 nitrogen and oxygen atoms in total. The molecule has 1 aliphatic carbocycles. The van der Waals surface area contributed by atoms with Crippen LogP contribution in [0.25, 0.3) is 0 Å². The maximum atomic E-state index is 6.11. The molecule has 0 atom stereocenters. The Morgan fingerprint density at radius 3 is 1.00 bits per heavy atom. The second-order valence-electron chi connectivity index (χ2n) is 6.27. The van der Waals surface area contributed by atoms with Gasteiger partial charge in [0.1, 0.15) is 0 Å². The summed E-state index contributed by atoms with van der Waals surface area (Å²) in [6.45, 7) is 15.2. The predicted molar refractivity (Wildman–Crippen MR) is 112 cm³/mol. The normalized spacial score (nSPS) is 16.4. The molecule has 1 aliphatic rings. The third-order valence-corrected chi connectivity index (χ3v) is 10.8. The summed E-state index contributed by atoms with van der Waals surface area (Å²) in [4.78, 5) is 0. The van der Waals surface area contributed by atoms with E-state index in [0.29, 0.717) is 51.7 Å². The van der Waals surface area contributed by atoms with Crippen molar-refractivity contribution in [2.45, 2.75) is 53.6 Å². The van der Waals surface area contributed by atoms with Gasteiger partial charge in [0.25, 0.3) is 0 Å². The molecular weight excluding hydrogens is 380 g/mol. The van der Waals surface area contributed by atoms with Gasteiger partial charge in [-0.25, -0.2) is 0 Å². The van der Waals surface area contributed by atoms with Gasteiger partial charge in [-0.05, 0) is 41.5 Å². The highest BCUT2D eigenvalue weighted by Crippen LogP contribution is 2.44. The maximum absolute atomic E-state index is 6.11. The van der Waals surface area contributed by atoms with E-state index in [1.807, 2.05) is 41.5 Å². The monoisotopic (exact) mass is 418 g/mol. The molecule has 0 unspecified atom stereocenters. The molecule has 0 saturated heterocycles. The van der Waals surface area contributed by atoms with E-state index >= 15 is 0 Å². The van der Waals surface area contributed by atoms with Gasteiger partial charge >= 0.3 is 17.6 Å². The molecule has 0 radical (unpaired) electrons. The zero-order valence-corrected chi connectivity index (χ0v) is 19.9. The fourth-order valence-corrected chi connectivity index (χ4v) is 9.87. The van der Waals surface area contributed by atoms with Gasteiger partial charge in [0, 0.05) is 57.1 Å². The van der Waals surface area contributed by atoms with Gasteiger partial charge in [0.15, 0.2) is 0 Å². The van der Waals surface area contributed by atoms with Gasteiger partial charge in [0.05, 0.1) is 0 Å². The molecular formula is C19H38O6Si2. The van der Waals surface area contributed by atoms with E-state index in [1.165, 1.54) is 0 Å². The molecule has 1 rings (SSSR count). The first-order chi connectivity index (χ1) is 13.0. The summed E-state index contributed by atoms with van der Waals surface area (Å²) in [7, 11) is -5.70. The molecule has 0 aromatic heterocycles. The quantitative estimate of drug-likeness (QED) is 0.350. The maximum Gasteiger partial charge on any atom is 0.502 e. The third-order valence-electron chi connectivity index (χ3n) is 4.24. The summed E-state index contributed by atoms with van der Waals surface area (Å²) in [5.41, 5.74) is -0.322. The van der Waals surface area contributed by atoms with Crippen molar-refractivity contribution >= 4 is 17.6 Å². The molecule has 0 amide bonds. The molecule has 0 bridgehead atoms. The fraction of sp³-hybridized carbons (Fsp3) is 0.789. The van der Waals surface area contributed by atoms with Crippen LogP contribution >= 0.6 is 0 Å². The summed E-state index contributed by atoms with van der Waals surface area (Å²) < 4.78 is 36.7. The van der Waals surface area contributed by atoms with Crippen molar-refractivity contribution < 1.29 is 26.6 Å². The molecule has 0 aliphatic heterocycles. The first-order valence-electron chi connectivity index (χ1n) is 10.2. The van der Waals surface area contributed by atoms with Crippen LogP contribution in [0.5, 0.6) is 0 Å². The molecule has 0 saturated carbocycles. The molecule has 0 aromatic carbocycles. The minimum atomic E-state index is -2.85. The Kier molecular flexibility index (Phi) is 11.2. The average Bonchev–Trinajstić information content (AvgIpc) is 3.03. The largest absolute Gasteiger partial charge is 0.502 e. The van der Waals surface area contributed by atoms with Crippen LogP contribution < -0.4 is 0 Å². The van der Waals surface area contributed by atoms with Gasteiger partial charge in [-0.2, -0.15) is 0 Å². The van der Waals surface area contributed by atoms with Crippen LogP contribution in [0.4, 0.5) is 0 Å². The van der Waals surface area contributed by atoms with E-state index < -0.39 is 17.6 Å². The first-order valence-corrected chi connectivity index (χ1v) is 14.1. The Balaban J connectivity index is 3.21. The van der Waals surface area contributed by atoms with Crippen LogP contribution in [0, 0.1) is 5.41 Å². The Hall–Kier alpha value is -0.326. The Labute approximate surface area is 167 Å². The highest BCUT2D eigenvalue weighted by molar-refractivity contribution is 6.63. The van der Waals surface area contributed by atoms with Gasteiger partial charge in [-0.1, -0.05) is 24.3 Å². The molecule has 0 fully saturated rings. The Morgan fingerprint density at radius 1 is 0.519 bits per heavy atom. The molecule has 0 aromatic rings. The van der Waals surface area contributed by atoms with Crippen molar-refractivity contribution in [3.8, 4) is 0 Å². The van der Waals surface area contributed by atoms with Gasteiger partial charge in [0.2, 0.25) is 0 Å². The van der Waals surface area contributed by atoms with Crippen LogP contribution in [0.2, 0.25) is 12.1 Å². The SMILES string of the molecule is CCO[Si](CC1(C[Si](OCC)(OCC)OCC)C=CC=C1)(OCC)OCC. The lowest BCUT2D eigenvalue weighted by Crippen LogP contribution is -2.53. The summed E-state index contributed by atoms with van der Waals surface area (Å²) in [5, 5.41) is 0. The first kappa shape index (κ1) is 24.7. The van der Waals surface area contributed by atoms with Crippen molar-refractivity contribution in [1.29, 1.82) is 0 Å². The van der Waals surface area contributed by atoms with Gasteiger partial charge in [-0.15, -0.1) is 0 Å². The zero-order valence-electron chi connectivity index (χ0n) is 17.9. The van der Waals surface area contributed by atoms with Crippen LogP contribution in [-0.2, 0) is 26.6 Å². The lowest BCUT2D eigenvalue weighted by atomic mass is 9.96. The van der Waals surface area contributed by atoms with E-state index in [4.69, 9.17) is 26.6 Å². The lowest BCUT2D eigenvalue weighted by molar-refractivity contribution is 0.0560. The fourth-order valence-electron chi connectivity index (χ4n) is 3.53. The summed E-state index contributed by atoms with van der Waals surface area (Å²) in [5.74, 6) is 0. The van der Waals surface area contributed by atoms with Crippen molar-refractivity contribution in [3.05, 3.63) is 24.3 Å². The predicted octanol–water partition coefficient (Wildman–Crippen LogP) is 4.20. The number of hydrogen-bond acceptors (Lipinski definition) is 6. The smallest absolute Gasteiger partial charge is 0.374 e. The highest BCUT2D eigenvalue weighted by atomic mass is 28.4. The second kappa shape index (κ2) is 12.3. The van der Waals surface area contributed by atoms with Crippen molar-refractivity contribution in [3.63, 3.8) is 0 Å². The highest BCUT2D eigenvalue weighted by Gasteiger charge is 2.54. The van der Waals surface area contributed by atoms with Gasteiger partial charge < -0.3 is 26.6 Å². The lowest BCUT2D eigenvalue weighted by Gasteiger charge is -2.39. The zero-order chi connectivity index (χ0) is 20.2. The number of rotatable bonds is 16. The Morgan fingerprint density at radius 2 is 0.778 bits per heavy atom. The van der Waals surface area contributed by atoms with Crippen molar-refractivity contribution in [2.75, 3.05) is 39.6 Å². The van der Waals surface area contributed by atoms with E-state index in [2.05, 4.69) is 24.3 Å². The standard InChI is InChI=1S/C19H38O6Si2/c1-7-20-26(21-8-2,22-9-3)17-19(15-13-14-16-19)18-27(23-10-4,24-11-5)25-12-6/h13-16H,7-12,17-18H2,1-6H3. The molecule has 158 valence electrons. The minimum absolute atomic E-state index is 0.322. The van der Waals surface area contributed by atoms with E-state index in [0.717, 1.165) is 0 Å². The summed E-state index contributed by atoms with van der Waals surface area (Å²) in [6, 6.07) is 1.29. The topological polar surface area (TPSA) is 55.4 Å². The van der Waals surface area contributed by atoms with Gasteiger partial charge in [-0.3, -0.25) is 0 Å². The van der Waals surface area contributed by atoms with Crippen LogP contribution in [-0.4, -0.2) is 57.3 Å². The number of hydrogen-bond donors (Lipinski definition) is 0. The Bertz CT molecular complexity index is 393. The van der Waals surface area contributed by atoms with Crippen LogP contribution in [0.3, 0.4) is 0 Å². The minimum Gasteiger partial charge on any atom is -0.374 e. The molecule has 0 N–H and O–H groups in total. The molecule has 0 heterocycles.